The number of carbonyl (C=O) groups is 2. The highest BCUT2D eigenvalue weighted by molar-refractivity contribution is 5.80. The number of aliphatic carboxylic acids is 1. The molecule has 0 bridgehead atoms. The Morgan fingerprint density at radius 2 is 2.00 bits per heavy atom. The van der Waals surface area contributed by atoms with Crippen LogP contribution in [0.3, 0.4) is 0 Å². The van der Waals surface area contributed by atoms with Crippen molar-refractivity contribution in [2.45, 2.75) is 32.2 Å². The Morgan fingerprint density at radius 3 is 2.45 bits per heavy atom. The molecule has 2 fully saturated rings. The fourth-order valence-electron chi connectivity index (χ4n) is 3.19. The Labute approximate surface area is 120 Å². The van der Waals surface area contributed by atoms with Gasteiger partial charge < -0.3 is 19.8 Å². The van der Waals surface area contributed by atoms with E-state index >= 15 is 0 Å². The van der Waals surface area contributed by atoms with Crippen LogP contribution in [0.15, 0.2) is 0 Å². The highest BCUT2D eigenvalue weighted by Gasteiger charge is 2.46. The van der Waals surface area contributed by atoms with Crippen molar-refractivity contribution in [1.29, 1.82) is 0 Å². The highest BCUT2D eigenvalue weighted by Crippen LogP contribution is 2.35. The summed E-state index contributed by atoms with van der Waals surface area (Å²) < 4.78 is 0. The number of likely N-dealkylation sites (N-methyl/N-ethyl adjacent to an activating group) is 1. The third-order valence-corrected chi connectivity index (χ3v) is 4.92. The lowest BCUT2D eigenvalue weighted by atomic mass is 9.84. The van der Waals surface area contributed by atoms with Gasteiger partial charge in [0.05, 0.1) is 5.41 Å². The van der Waals surface area contributed by atoms with Crippen LogP contribution in [0, 0.1) is 5.41 Å². The van der Waals surface area contributed by atoms with Gasteiger partial charge in [-0.05, 0) is 33.4 Å². The molecule has 2 aliphatic heterocycles. The van der Waals surface area contributed by atoms with Crippen LogP contribution in [0.4, 0.5) is 4.79 Å². The SMILES string of the molecule is CCC1(C(=O)O)CCN(C(=O)N2CCC(N(C)C)C2)C1. The predicted molar refractivity (Wildman–Crippen MR) is 75.6 cm³/mol. The first-order valence-electron chi connectivity index (χ1n) is 7.33. The van der Waals surface area contributed by atoms with Crippen LogP contribution < -0.4 is 0 Å². The lowest BCUT2D eigenvalue weighted by Crippen LogP contribution is -2.44. The normalized spacial score (nSPS) is 30.3. The first-order valence-corrected chi connectivity index (χ1v) is 7.33. The van der Waals surface area contributed by atoms with E-state index in [9.17, 15) is 14.7 Å². The first-order chi connectivity index (χ1) is 9.39. The number of urea groups is 1. The number of carboxylic acid groups (broad SMARTS) is 1. The lowest BCUT2D eigenvalue weighted by molar-refractivity contribution is -0.148. The van der Waals surface area contributed by atoms with Crippen molar-refractivity contribution in [3.05, 3.63) is 0 Å². The van der Waals surface area contributed by atoms with Gasteiger partial charge in [-0.2, -0.15) is 0 Å². The van der Waals surface area contributed by atoms with E-state index in [1.807, 2.05) is 25.9 Å². The van der Waals surface area contributed by atoms with Gasteiger partial charge in [0.2, 0.25) is 0 Å². The van der Waals surface area contributed by atoms with Gasteiger partial charge in [0.15, 0.2) is 0 Å². The van der Waals surface area contributed by atoms with Crippen molar-refractivity contribution in [2.24, 2.45) is 5.41 Å². The van der Waals surface area contributed by atoms with Crippen LogP contribution >= 0.6 is 0 Å². The summed E-state index contributed by atoms with van der Waals surface area (Å²) in [6, 6.07) is 0.419. The predicted octanol–water partition coefficient (Wildman–Crippen LogP) is 0.929. The van der Waals surface area contributed by atoms with Crippen LogP contribution in [0.5, 0.6) is 0 Å². The number of carboxylic acids is 1. The van der Waals surface area contributed by atoms with Gasteiger partial charge in [0, 0.05) is 32.2 Å². The summed E-state index contributed by atoms with van der Waals surface area (Å²) in [6.45, 7) is 4.31. The number of likely N-dealkylation sites (tertiary alicyclic amines) is 2. The molecule has 6 nitrogen and oxygen atoms in total. The molecule has 0 aromatic heterocycles. The summed E-state index contributed by atoms with van der Waals surface area (Å²) >= 11 is 0. The average Bonchev–Trinajstić information content (AvgIpc) is 3.05. The van der Waals surface area contributed by atoms with E-state index in [1.165, 1.54) is 0 Å². The van der Waals surface area contributed by atoms with E-state index in [1.54, 1.807) is 4.90 Å². The smallest absolute Gasteiger partial charge is 0.320 e. The summed E-state index contributed by atoms with van der Waals surface area (Å²) in [5.41, 5.74) is -0.740. The molecule has 1 N–H and O–H groups in total. The molecule has 2 amide bonds. The Morgan fingerprint density at radius 1 is 1.30 bits per heavy atom. The Bertz CT molecular complexity index is 399. The quantitative estimate of drug-likeness (QED) is 0.837. The molecule has 2 saturated heterocycles. The monoisotopic (exact) mass is 283 g/mol. The third kappa shape index (κ3) is 2.61. The highest BCUT2D eigenvalue weighted by atomic mass is 16.4. The summed E-state index contributed by atoms with van der Waals surface area (Å²) in [5.74, 6) is -0.775. The zero-order valence-electron chi connectivity index (χ0n) is 12.6. The van der Waals surface area contributed by atoms with Crippen molar-refractivity contribution in [3.63, 3.8) is 0 Å². The van der Waals surface area contributed by atoms with E-state index < -0.39 is 11.4 Å². The lowest BCUT2D eigenvalue weighted by Gasteiger charge is -2.27. The third-order valence-electron chi connectivity index (χ3n) is 4.92. The Hall–Kier alpha value is -1.30. The second-order valence-corrected chi connectivity index (χ2v) is 6.25. The molecule has 0 aromatic rings. The number of nitrogens with zero attached hydrogens (tertiary/aromatic N) is 3. The van der Waals surface area contributed by atoms with Gasteiger partial charge in [0.25, 0.3) is 0 Å². The van der Waals surface area contributed by atoms with E-state index in [0.717, 1.165) is 19.5 Å². The molecule has 0 aliphatic carbocycles. The average molecular weight is 283 g/mol. The van der Waals surface area contributed by atoms with Crippen LogP contribution in [0.1, 0.15) is 26.2 Å². The zero-order valence-corrected chi connectivity index (χ0v) is 12.6. The number of amides is 2. The minimum Gasteiger partial charge on any atom is -0.481 e. The Balaban J connectivity index is 1.97. The summed E-state index contributed by atoms with van der Waals surface area (Å²) in [4.78, 5) is 29.6. The van der Waals surface area contributed by atoms with Gasteiger partial charge in [-0.1, -0.05) is 6.92 Å². The largest absolute Gasteiger partial charge is 0.481 e. The molecule has 114 valence electrons. The second kappa shape index (κ2) is 5.60. The van der Waals surface area contributed by atoms with Crippen molar-refractivity contribution < 1.29 is 14.7 Å². The number of hydrogen-bond donors (Lipinski definition) is 1. The van der Waals surface area contributed by atoms with Crippen molar-refractivity contribution in [3.8, 4) is 0 Å². The molecule has 2 aliphatic rings. The molecule has 0 spiro atoms. The molecule has 0 aromatic carbocycles. The maximum atomic E-state index is 12.5. The van der Waals surface area contributed by atoms with Gasteiger partial charge in [-0.3, -0.25) is 4.79 Å². The molecule has 20 heavy (non-hydrogen) atoms. The number of hydrogen-bond acceptors (Lipinski definition) is 3. The topological polar surface area (TPSA) is 64.1 Å². The fraction of sp³-hybridized carbons (Fsp3) is 0.857. The maximum Gasteiger partial charge on any atom is 0.320 e. The Kier molecular flexibility index (Phi) is 4.22. The summed E-state index contributed by atoms with van der Waals surface area (Å²) in [6.07, 6.45) is 2.13. The van der Waals surface area contributed by atoms with E-state index in [0.29, 0.717) is 32.0 Å². The number of rotatable bonds is 3. The second-order valence-electron chi connectivity index (χ2n) is 6.25. The molecular weight excluding hydrogens is 258 g/mol. The summed E-state index contributed by atoms with van der Waals surface area (Å²) in [7, 11) is 4.06. The van der Waals surface area contributed by atoms with Gasteiger partial charge >= 0.3 is 12.0 Å². The fourth-order valence-corrected chi connectivity index (χ4v) is 3.19. The molecule has 6 heteroatoms. The van der Waals surface area contributed by atoms with Crippen molar-refractivity contribution >= 4 is 12.0 Å². The number of carbonyl (C=O) groups excluding carboxylic acids is 1. The molecule has 2 rings (SSSR count). The van der Waals surface area contributed by atoms with Crippen molar-refractivity contribution in [2.75, 3.05) is 40.3 Å². The molecule has 2 heterocycles. The van der Waals surface area contributed by atoms with Gasteiger partial charge in [-0.25, -0.2) is 4.79 Å². The van der Waals surface area contributed by atoms with E-state index in [-0.39, 0.29) is 6.03 Å². The molecule has 2 unspecified atom stereocenters. The van der Waals surface area contributed by atoms with Crippen LogP contribution in [0.2, 0.25) is 0 Å². The van der Waals surface area contributed by atoms with E-state index in [4.69, 9.17) is 0 Å². The van der Waals surface area contributed by atoms with E-state index in [2.05, 4.69) is 4.90 Å². The molecular formula is C14H25N3O3. The minimum atomic E-state index is -0.775. The minimum absolute atomic E-state index is 0.00549. The first kappa shape index (κ1) is 15.1. The molecule has 2 atom stereocenters. The maximum absolute atomic E-state index is 12.5. The molecule has 0 radical (unpaired) electrons. The van der Waals surface area contributed by atoms with Crippen LogP contribution in [0.25, 0.3) is 0 Å². The molecule has 0 saturated carbocycles. The standard InChI is InChI=1S/C14H25N3O3/c1-4-14(12(18)19)6-8-17(10-14)13(20)16-7-5-11(9-16)15(2)3/h11H,4-10H2,1-3H3,(H,18,19). The van der Waals surface area contributed by atoms with Gasteiger partial charge in [0.1, 0.15) is 0 Å². The summed E-state index contributed by atoms with van der Waals surface area (Å²) in [5, 5.41) is 9.39. The van der Waals surface area contributed by atoms with Gasteiger partial charge in [-0.15, -0.1) is 0 Å². The van der Waals surface area contributed by atoms with Crippen molar-refractivity contribution in [1.82, 2.24) is 14.7 Å². The van der Waals surface area contributed by atoms with Crippen LogP contribution in [-0.4, -0.2) is 78.1 Å². The van der Waals surface area contributed by atoms with Crippen LogP contribution in [-0.2, 0) is 4.79 Å². The zero-order chi connectivity index (χ0) is 14.9.